The quantitative estimate of drug-likeness (QED) is 0.928. The van der Waals surface area contributed by atoms with Crippen molar-refractivity contribution in [1.82, 2.24) is 4.31 Å². The molecule has 0 radical (unpaired) electrons. The molecule has 0 bridgehead atoms. The maximum atomic E-state index is 13.0. The highest BCUT2D eigenvalue weighted by Gasteiger charge is 2.32. The lowest BCUT2D eigenvalue weighted by Gasteiger charge is -2.34. The van der Waals surface area contributed by atoms with Crippen molar-refractivity contribution in [1.29, 1.82) is 0 Å². The number of hydrogen-bond donors (Lipinski definition) is 1. The number of hydrogen-bond acceptors (Lipinski definition) is 3. The monoisotopic (exact) mass is 310 g/mol. The summed E-state index contributed by atoms with van der Waals surface area (Å²) >= 11 is 0. The van der Waals surface area contributed by atoms with Crippen LogP contribution in [0.5, 0.6) is 0 Å². The normalized spacial score (nSPS) is 24.2. The van der Waals surface area contributed by atoms with E-state index < -0.39 is 10.0 Å². The molecule has 2 unspecified atom stereocenters. The Bertz CT molecular complexity index is 598. The van der Waals surface area contributed by atoms with Crippen LogP contribution in [0.4, 0.5) is 0 Å². The van der Waals surface area contributed by atoms with Crippen LogP contribution in [0.25, 0.3) is 0 Å². The first-order chi connectivity index (χ1) is 9.90. The van der Waals surface area contributed by atoms with Gasteiger partial charge in [0.1, 0.15) is 0 Å². The number of nitrogens with two attached hydrogens (primary N) is 1. The first kappa shape index (κ1) is 16.5. The van der Waals surface area contributed by atoms with Crippen LogP contribution in [0, 0.1) is 11.8 Å². The predicted molar refractivity (Wildman–Crippen MR) is 85.4 cm³/mol. The number of benzene rings is 1. The molecule has 1 saturated heterocycles. The highest BCUT2D eigenvalue weighted by molar-refractivity contribution is 7.89. The molecule has 0 saturated carbocycles. The van der Waals surface area contributed by atoms with Crippen molar-refractivity contribution in [3.63, 3.8) is 0 Å². The van der Waals surface area contributed by atoms with Crippen molar-refractivity contribution in [2.24, 2.45) is 17.6 Å². The van der Waals surface area contributed by atoms with Gasteiger partial charge in [-0.2, -0.15) is 4.31 Å². The van der Waals surface area contributed by atoms with E-state index in [1.165, 1.54) is 0 Å². The average Bonchev–Trinajstić information content (AvgIpc) is 2.49. The van der Waals surface area contributed by atoms with Crippen molar-refractivity contribution in [2.75, 3.05) is 13.1 Å². The maximum absolute atomic E-state index is 13.0. The Labute approximate surface area is 128 Å². The lowest BCUT2D eigenvalue weighted by atomic mass is 9.90. The summed E-state index contributed by atoms with van der Waals surface area (Å²) in [5, 5.41) is 0. The Balaban J connectivity index is 2.39. The molecule has 21 heavy (non-hydrogen) atoms. The van der Waals surface area contributed by atoms with Crippen LogP contribution >= 0.6 is 0 Å². The molecule has 1 aromatic rings. The Kier molecular flexibility index (Phi) is 5.07. The van der Waals surface area contributed by atoms with Gasteiger partial charge in [0.05, 0.1) is 4.90 Å². The fourth-order valence-corrected chi connectivity index (χ4v) is 4.74. The molecule has 1 fully saturated rings. The van der Waals surface area contributed by atoms with E-state index in [0.29, 0.717) is 42.8 Å². The molecule has 0 aliphatic carbocycles. The minimum absolute atomic E-state index is 0.361. The predicted octanol–water partition coefficient (Wildman–Crippen LogP) is 2.37. The van der Waals surface area contributed by atoms with Gasteiger partial charge < -0.3 is 5.73 Å². The SMILES string of the molecule is CCc1ccc(CN)cc1S(=O)(=O)N1CCC(C)C(C)C1. The molecule has 1 aliphatic heterocycles. The molecule has 2 atom stereocenters. The largest absolute Gasteiger partial charge is 0.326 e. The fourth-order valence-electron chi connectivity index (χ4n) is 2.84. The molecular weight excluding hydrogens is 284 g/mol. The lowest BCUT2D eigenvalue weighted by Crippen LogP contribution is -2.42. The van der Waals surface area contributed by atoms with E-state index in [9.17, 15) is 8.42 Å². The zero-order valence-electron chi connectivity index (χ0n) is 13.2. The molecule has 1 aliphatic rings. The minimum Gasteiger partial charge on any atom is -0.326 e. The van der Waals surface area contributed by atoms with E-state index in [-0.39, 0.29) is 0 Å². The highest BCUT2D eigenvalue weighted by Crippen LogP contribution is 2.29. The van der Waals surface area contributed by atoms with E-state index in [4.69, 9.17) is 5.73 Å². The minimum atomic E-state index is -3.42. The molecule has 4 nitrogen and oxygen atoms in total. The molecule has 1 heterocycles. The van der Waals surface area contributed by atoms with Crippen LogP contribution in [-0.4, -0.2) is 25.8 Å². The summed E-state index contributed by atoms with van der Waals surface area (Å²) in [5.41, 5.74) is 7.40. The maximum Gasteiger partial charge on any atom is 0.243 e. The molecule has 1 aromatic carbocycles. The second-order valence-electron chi connectivity index (χ2n) is 6.11. The Morgan fingerprint density at radius 3 is 2.57 bits per heavy atom. The molecule has 0 aromatic heterocycles. The van der Waals surface area contributed by atoms with Crippen molar-refractivity contribution in [3.8, 4) is 0 Å². The van der Waals surface area contributed by atoms with E-state index in [2.05, 4.69) is 13.8 Å². The zero-order chi connectivity index (χ0) is 15.6. The molecule has 5 heteroatoms. The lowest BCUT2D eigenvalue weighted by molar-refractivity contribution is 0.212. The van der Waals surface area contributed by atoms with Gasteiger partial charge in [0, 0.05) is 19.6 Å². The van der Waals surface area contributed by atoms with E-state index in [0.717, 1.165) is 17.5 Å². The van der Waals surface area contributed by atoms with Crippen molar-refractivity contribution in [3.05, 3.63) is 29.3 Å². The fraction of sp³-hybridized carbons (Fsp3) is 0.625. The van der Waals surface area contributed by atoms with Crippen LogP contribution in [0.15, 0.2) is 23.1 Å². The van der Waals surface area contributed by atoms with Crippen molar-refractivity contribution >= 4 is 10.0 Å². The number of rotatable bonds is 4. The van der Waals surface area contributed by atoms with Gasteiger partial charge in [0.15, 0.2) is 0 Å². The molecular formula is C16H26N2O2S. The summed E-state index contributed by atoms with van der Waals surface area (Å²) in [4.78, 5) is 0.440. The highest BCUT2D eigenvalue weighted by atomic mass is 32.2. The third-order valence-electron chi connectivity index (χ3n) is 4.66. The van der Waals surface area contributed by atoms with Crippen LogP contribution in [0.3, 0.4) is 0 Å². The van der Waals surface area contributed by atoms with Gasteiger partial charge in [0.25, 0.3) is 0 Å². The van der Waals surface area contributed by atoms with E-state index >= 15 is 0 Å². The molecule has 2 N–H and O–H groups in total. The summed E-state index contributed by atoms with van der Waals surface area (Å²) < 4.78 is 27.6. The van der Waals surface area contributed by atoms with Crippen LogP contribution < -0.4 is 5.73 Å². The van der Waals surface area contributed by atoms with Crippen LogP contribution in [0.1, 0.15) is 38.3 Å². The molecule has 2 rings (SSSR count). The summed E-state index contributed by atoms with van der Waals surface area (Å²) in [6.45, 7) is 7.89. The van der Waals surface area contributed by atoms with Gasteiger partial charge >= 0.3 is 0 Å². The van der Waals surface area contributed by atoms with E-state index in [1.54, 1.807) is 10.4 Å². The van der Waals surface area contributed by atoms with Crippen molar-refractivity contribution in [2.45, 2.75) is 45.1 Å². The van der Waals surface area contributed by atoms with Gasteiger partial charge in [-0.3, -0.25) is 0 Å². The van der Waals surface area contributed by atoms with Crippen molar-refractivity contribution < 1.29 is 8.42 Å². The zero-order valence-corrected chi connectivity index (χ0v) is 14.0. The summed E-state index contributed by atoms with van der Waals surface area (Å²) in [5.74, 6) is 0.980. The molecule has 118 valence electrons. The first-order valence-corrected chi connectivity index (χ1v) is 9.16. The van der Waals surface area contributed by atoms with Crippen LogP contribution in [0.2, 0.25) is 0 Å². The number of nitrogens with zero attached hydrogens (tertiary/aromatic N) is 1. The van der Waals surface area contributed by atoms with E-state index in [1.807, 2.05) is 19.1 Å². The van der Waals surface area contributed by atoms with Gasteiger partial charge in [-0.15, -0.1) is 0 Å². The number of sulfonamides is 1. The standard InChI is InChI=1S/C16H26N2O2S/c1-4-15-6-5-14(10-17)9-16(15)21(19,20)18-8-7-12(2)13(3)11-18/h5-6,9,12-13H,4,7-8,10-11,17H2,1-3H3. The molecule has 0 amide bonds. The average molecular weight is 310 g/mol. The van der Waals surface area contributed by atoms with Gasteiger partial charge in [0.2, 0.25) is 10.0 Å². The second kappa shape index (κ2) is 6.46. The third-order valence-corrected chi connectivity index (χ3v) is 6.61. The smallest absolute Gasteiger partial charge is 0.243 e. The third kappa shape index (κ3) is 3.30. The second-order valence-corrected chi connectivity index (χ2v) is 8.01. The summed E-state index contributed by atoms with van der Waals surface area (Å²) in [6.07, 6.45) is 1.64. The Morgan fingerprint density at radius 1 is 1.29 bits per heavy atom. The topological polar surface area (TPSA) is 63.4 Å². The van der Waals surface area contributed by atoms with Gasteiger partial charge in [-0.05, 0) is 41.9 Å². The Hall–Kier alpha value is -0.910. The summed E-state index contributed by atoms with van der Waals surface area (Å²) in [7, 11) is -3.42. The number of aryl methyl sites for hydroxylation is 1. The first-order valence-electron chi connectivity index (χ1n) is 7.72. The van der Waals surface area contributed by atoms with Crippen LogP contribution in [-0.2, 0) is 23.0 Å². The summed E-state index contributed by atoms with van der Waals surface area (Å²) in [6, 6.07) is 5.56. The van der Waals surface area contributed by atoms with Gasteiger partial charge in [-0.1, -0.05) is 32.9 Å². The molecule has 0 spiro atoms. The number of piperidine rings is 1. The Morgan fingerprint density at radius 2 is 2.00 bits per heavy atom. The van der Waals surface area contributed by atoms with Gasteiger partial charge in [-0.25, -0.2) is 8.42 Å².